The summed E-state index contributed by atoms with van der Waals surface area (Å²) in [5, 5.41) is 60.4. The van der Waals surface area contributed by atoms with E-state index in [0.29, 0.717) is 37.9 Å². The van der Waals surface area contributed by atoms with Gasteiger partial charge in [-0.05, 0) is 92.6 Å². The molecule has 1 saturated carbocycles. The van der Waals surface area contributed by atoms with Crippen LogP contribution in [-0.2, 0) is 33.2 Å². The van der Waals surface area contributed by atoms with E-state index in [2.05, 4.69) is 10.6 Å². The summed E-state index contributed by atoms with van der Waals surface area (Å²) in [6.45, 7) is 14.9. The zero-order valence-electron chi connectivity index (χ0n) is 34.1. The molecule has 17 heteroatoms. The maximum Gasteiger partial charge on any atom is 0.410 e. The van der Waals surface area contributed by atoms with Crippen LogP contribution < -0.4 is 10.6 Å². The van der Waals surface area contributed by atoms with Crippen molar-refractivity contribution in [1.82, 2.24) is 15.5 Å². The molecule has 3 aliphatic rings. The van der Waals surface area contributed by atoms with Gasteiger partial charge in [-0.2, -0.15) is 0 Å². The molecule has 12 atom stereocenters. The van der Waals surface area contributed by atoms with E-state index in [-0.39, 0.29) is 26.1 Å². The highest BCUT2D eigenvalue weighted by atomic mass is 16.7. The first-order valence-corrected chi connectivity index (χ1v) is 19.4. The van der Waals surface area contributed by atoms with E-state index < -0.39 is 102 Å². The van der Waals surface area contributed by atoms with Crippen molar-refractivity contribution >= 4 is 18.1 Å². The number of aliphatic hydroxyl groups is 5. The van der Waals surface area contributed by atoms with Gasteiger partial charge in [0.15, 0.2) is 6.29 Å². The van der Waals surface area contributed by atoms with E-state index in [1.165, 1.54) is 14.0 Å². The van der Waals surface area contributed by atoms with Gasteiger partial charge in [-0.25, -0.2) is 9.59 Å². The molecule has 318 valence electrons. The van der Waals surface area contributed by atoms with Crippen molar-refractivity contribution in [3.05, 3.63) is 11.8 Å². The number of rotatable bonds is 14. The molecule has 7 N–H and O–H groups in total. The molecule has 0 bridgehead atoms. The number of ether oxygens (including phenoxy) is 6. The first-order valence-electron chi connectivity index (χ1n) is 19.4. The molecule has 1 aliphatic carbocycles. The van der Waals surface area contributed by atoms with Crippen molar-refractivity contribution < 1.29 is 68.3 Å². The number of carbonyl (C=O) groups is 3. The molecule has 0 radical (unpaired) electrons. The van der Waals surface area contributed by atoms with Gasteiger partial charge in [-0.1, -0.05) is 20.3 Å². The molecule has 3 rings (SSSR count). The Morgan fingerprint density at radius 1 is 0.982 bits per heavy atom. The molecule has 55 heavy (non-hydrogen) atoms. The third-order valence-electron chi connectivity index (χ3n) is 9.64. The summed E-state index contributed by atoms with van der Waals surface area (Å²) in [7, 11) is 1.37. The predicted octanol–water partition coefficient (Wildman–Crippen LogP) is 2.19. The fraction of sp³-hybridized carbons (Fsp3) is 0.868. The lowest BCUT2D eigenvalue weighted by Crippen LogP contribution is -2.69. The van der Waals surface area contributed by atoms with Crippen molar-refractivity contribution in [3.63, 3.8) is 0 Å². The Labute approximate surface area is 325 Å². The van der Waals surface area contributed by atoms with E-state index in [1.54, 1.807) is 48.5 Å². The lowest BCUT2D eigenvalue weighted by molar-refractivity contribution is -0.313. The quantitative estimate of drug-likeness (QED) is 0.125. The average molecular weight is 790 g/mol. The molecule has 17 nitrogen and oxygen atoms in total. The van der Waals surface area contributed by atoms with E-state index in [4.69, 9.17) is 28.4 Å². The summed E-state index contributed by atoms with van der Waals surface area (Å²) in [5.41, 5.74) is -3.39. The van der Waals surface area contributed by atoms with Gasteiger partial charge in [0.05, 0.1) is 36.6 Å². The number of hydrogen-bond acceptors (Lipinski definition) is 14. The topological polar surface area (TPSA) is 235 Å². The summed E-state index contributed by atoms with van der Waals surface area (Å²) in [5.74, 6) is -0.543. The molecule has 2 fully saturated rings. The highest BCUT2D eigenvalue weighted by Gasteiger charge is 2.54. The van der Waals surface area contributed by atoms with Crippen LogP contribution in [0.4, 0.5) is 9.59 Å². The van der Waals surface area contributed by atoms with Crippen molar-refractivity contribution in [2.45, 2.75) is 185 Å². The molecule has 3 amide bonds. The Kier molecular flexibility index (Phi) is 16.6. The van der Waals surface area contributed by atoms with Crippen LogP contribution in [0.25, 0.3) is 0 Å². The highest BCUT2D eigenvalue weighted by molar-refractivity contribution is 5.80. The first-order chi connectivity index (χ1) is 25.5. The number of hydrogen-bond donors (Lipinski definition) is 7. The zero-order valence-corrected chi connectivity index (χ0v) is 34.1. The van der Waals surface area contributed by atoms with Crippen LogP contribution in [0.1, 0.15) is 107 Å². The average Bonchev–Trinajstić information content (AvgIpc) is 3.05. The number of unbranched alkanes of at least 4 members (excludes halogenated alkanes) is 1. The molecule has 12 unspecified atom stereocenters. The Morgan fingerprint density at radius 3 is 2.22 bits per heavy atom. The maximum atomic E-state index is 13.1. The van der Waals surface area contributed by atoms with Crippen LogP contribution in [0, 0.1) is 5.92 Å². The van der Waals surface area contributed by atoms with Crippen LogP contribution in [0.15, 0.2) is 11.8 Å². The monoisotopic (exact) mass is 789 g/mol. The van der Waals surface area contributed by atoms with Crippen LogP contribution in [0.5, 0.6) is 0 Å². The number of aliphatic hydroxyl groups excluding tert-OH is 4. The summed E-state index contributed by atoms with van der Waals surface area (Å²) < 4.78 is 35.8. The van der Waals surface area contributed by atoms with Crippen molar-refractivity contribution in [1.29, 1.82) is 0 Å². The van der Waals surface area contributed by atoms with Crippen LogP contribution in [0.2, 0.25) is 0 Å². The number of alkyl carbamates (subject to hydrolysis) is 1. The molecule has 1 saturated heterocycles. The maximum absolute atomic E-state index is 13.1. The molecular formula is C38H67N3O14. The number of carbonyl (C=O) groups excluding carboxylic acids is 3. The highest BCUT2D eigenvalue weighted by Crippen LogP contribution is 2.36. The van der Waals surface area contributed by atoms with Crippen molar-refractivity contribution in [2.75, 3.05) is 20.3 Å². The standard InChI is InChI=1S/C38H67N3O14/c1-11-14-25(43)31(46)39-24-19-21(2)28(52-32-23(40-34(47)54-36(3,4)5)17-16-22(51-32)15-12-13-18-42)26(44)29(24)53-33-27(45)30(38(9,49)20-50-33)41(10)35(48)55-37(6,7)8/h16,21,23-30,32-33,42-45,49H,11-15,17-20H2,1-10H3,(H,39,46)(H,40,47). The van der Waals surface area contributed by atoms with Gasteiger partial charge in [-0.3, -0.25) is 4.79 Å². The fourth-order valence-electron chi connectivity index (χ4n) is 7.05. The Balaban J connectivity index is 1.94. The second kappa shape index (κ2) is 19.6. The van der Waals surface area contributed by atoms with E-state index >= 15 is 0 Å². The molecule has 0 aromatic rings. The SMILES string of the molecule is CCCC(O)C(=O)NC1CC(C)C(OC2OC(CCCCO)=CCC2NC(=O)OC(C)(C)C)C(O)C1OC1OCC(C)(O)C(N(C)C(=O)OC(C)(C)C)C1O. The third-order valence-corrected chi connectivity index (χ3v) is 9.64. The molecule has 2 heterocycles. The lowest BCUT2D eigenvalue weighted by atomic mass is 9.79. The Morgan fingerprint density at radius 2 is 1.62 bits per heavy atom. The molecule has 2 aliphatic heterocycles. The number of likely N-dealkylation sites (N-methyl/N-ethyl adjacent to an activating group) is 1. The largest absolute Gasteiger partial charge is 0.467 e. The van der Waals surface area contributed by atoms with E-state index in [9.17, 15) is 39.9 Å². The minimum atomic E-state index is -1.75. The number of allylic oxidation sites excluding steroid dienone is 1. The lowest BCUT2D eigenvalue weighted by Gasteiger charge is -2.50. The van der Waals surface area contributed by atoms with Gasteiger partial charge in [0.25, 0.3) is 0 Å². The van der Waals surface area contributed by atoms with Crippen molar-refractivity contribution in [3.8, 4) is 0 Å². The minimum Gasteiger partial charge on any atom is -0.467 e. The van der Waals surface area contributed by atoms with Gasteiger partial charge >= 0.3 is 12.2 Å². The van der Waals surface area contributed by atoms with E-state index in [0.717, 1.165) is 4.90 Å². The Bertz CT molecular complexity index is 1300. The Hall–Kier alpha value is -2.77. The number of amides is 3. The van der Waals surface area contributed by atoms with Crippen LogP contribution in [0.3, 0.4) is 0 Å². The van der Waals surface area contributed by atoms with Crippen LogP contribution in [-0.4, -0.2) is 147 Å². The second-order valence-corrected chi connectivity index (χ2v) is 17.2. The summed E-state index contributed by atoms with van der Waals surface area (Å²) >= 11 is 0. The number of nitrogens with one attached hydrogen (secondary N) is 2. The van der Waals surface area contributed by atoms with Gasteiger partial charge < -0.3 is 69.5 Å². The van der Waals surface area contributed by atoms with Crippen LogP contribution >= 0.6 is 0 Å². The first kappa shape index (κ1) is 46.6. The minimum absolute atomic E-state index is 0.0192. The summed E-state index contributed by atoms with van der Waals surface area (Å²) in [4.78, 5) is 40.1. The normalized spacial score (nSPS) is 33.4. The fourth-order valence-corrected chi connectivity index (χ4v) is 7.05. The van der Waals surface area contributed by atoms with Gasteiger partial charge in [-0.15, -0.1) is 0 Å². The summed E-state index contributed by atoms with van der Waals surface area (Å²) in [6.07, 6.45) is -6.16. The predicted molar refractivity (Wildman–Crippen MR) is 198 cm³/mol. The third kappa shape index (κ3) is 13.4. The van der Waals surface area contributed by atoms with Gasteiger partial charge in [0, 0.05) is 20.1 Å². The molecule has 0 spiro atoms. The van der Waals surface area contributed by atoms with E-state index in [1.807, 2.05) is 13.0 Å². The molecule has 0 aromatic heterocycles. The van der Waals surface area contributed by atoms with Gasteiger partial charge in [0.1, 0.15) is 41.2 Å². The molecule has 0 aromatic carbocycles. The van der Waals surface area contributed by atoms with Crippen molar-refractivity contribution in [2.24, 2.45) is 5.92 Å². The second-order valence-electron chi connectivity index (χ2n) is 17.2. The smallest absolute Gasteiger partial charge is 0.410 e. The molecular weight excluding hydrogens is 722 g/mol. The number of nitrogens with zero attached hydrogens (tertiary/aromatic N) is 1. The zero-order chi connectivity index (χ0) is 41.5. The summed E-state index contributed by atoms with van der Waals surface area (Å²) in [6, 6.07) is -2.92. The van der Waals surface area contributed by atoms with Gasteiger partial charge in [0.2, 0.25) is 12.2 Å².